The maximum Gasteiger partial charge on any atom is 0.116 e. The van der Waals surface area contributed by atoms with Gasteiger partial charge in [-0.1, -0.05) is 13.8 Å². The van der Waals surface area contributed by atoms with Gasteiger partial charge in [0.15, 0.2) is 0 Å². The van der Waals surface area contributed by atoms with Gasteiger partial charge in [0.05, 0.1) is 12.2 Å². The van der Waals surface area contributed by atoms with Crippen LogP contribution >= 0.6 is 0 Å². The molecule has 0 amide bonds. The monoisotopic (exact) mass is 204 g/mol. The quantitative estimate of drug-likeness (QED) is 0.464. The fourth-order valence-corrected chi connectivity index (χ4v) is 2.08. The molecule has 0 aromatic heterocycles. The van der Waals surface area contributed by atoms with Crippen molar-refractivity contribution < 1.29 is 20.4 Å². The zero-order valence-electron chi connectivity index (χ0n) is 8.88. The molecule has 1 fully saturated rings. The molecule has 4 N–H and O–H groups in total. The van der Waals surface area contributed by atoms with E-state index in [1.165, 1.54) is 6.92 Å². The molecule has 4 nitrogen and oxygen atoms in total. The van der Waals surface area contributed by atoms with Crippen molar-refractivity contribution >= 4 is 0 Å². The van der Waals surface area contributed by atoms with Crippen molar-refractivity contribution in [1.29, 1.82) is 0 Å². The predicted octanol–water partition coefficient (Wildman–Crippen LogP) is -0.504. The Bertz CT molecular complexity index is 200. The van der Waals surface area contributed by atoms with Crippen LogP contribution in [0.1, 0.15) is 27.2 Å². The second-order valence-electron chi connectivity index (χ2n) is 4.82. The highest BCUT2D eigenvalue weighted by Crippen LogP contribution is 2.36. The molecule has 14 heavy (non-hydrogen) atoms. The van der Waals surface area contributed by atoms with E-state index in [2.05, 4.69) is 0 Å². The Labute approximate surface area is 84.2 Å². The van der Waals surface area contributed by atoms with E-state index >= 15 is 0 Å². The molecule has 1 aliphatic carbocycles. The first-order valence-corrected chi connectivity index (χ1v) is 5.05. The molecule has 0 saturated heterocycles. The van der Waals surface area contributed by atoms with Crippen LogP contribution in [0.4, 0.5) is 0 Å². The van der Waals surface area contributed by atoms with Crippen LogP contribution in [0.5, 0.6) is 0 Å². The Morgan fingerprint density at radius 3 is 2.14 bits per heavy atom. The summed E-state index contributed by atoms with van der Waals surface area (Å²) in [7, 11) is 0. The van der Waals surface area contributed by atoms with E-state index in [9.17, 15) is 20.4 Å². The molecule has 0 spiro atoms. The van der Waals surface area contributed by atoms with Gasteiger partial charge < -0.3 is 20.4 Å². The average Bonchev–Trinajstić information content (AvgIpc) is 2.08. The molecule has 0 radical (unpaired) electrons. The van der Waals surface area contributed by atoms with E-state index in [0.29, 0.717) is 6.42 Å². The number of hydrogen-bond acceptors (Lipinski definition) is 4. The second-order valence-corrected chi connectivity index (χ2v) is 4.82. The van der Waals surface area contributed by atoms with Gasteiger partial charge in [-0.05, 0) is 25.2 Å². The molecule has 1 saturated carbocycles. The summed E-state index contributed by atoms with van der Waals surface area (Å²) in [5, 5.41) is 38.7. The fraction of sp³-hybridized carbons (Fsp3) is 1.00. The van der Waals surface area contributed by atoms with E-state index in [-0.39, 0.29) is 11.8 Å². The topological polar surface area (TPSA) is 80.9 Å². The lowest BCUT2D eigenvalue weighted by molar-refractivity contribution is -0.214. The Morgan fingerprint density at radius 1 is 1.21 bits per heavy atom. The van der Waals surface area contributed by atoms with Crippen molar-refractivity contribution in [1.82, 2.24) is 0 Å². The van der Waals surface area contributed by atoms with Crippen molar-refractivity contribution in [3.8, 4) is 0 Å². The van der Waals surface area contributed by atoms with Gasteiger partial charge in [0.2, 0.25) is 0 Å². The summed E-state index contributed by atoms with van der Waals surface area (Å²) in [6, 6.07) is 0. The van der Waals surface area contributed by atoms with Crippen molar-refractivity contribution in [3.05, 3.63) is 0 Å². The number of aliphatic hydroxyl groups excluding tert-OH is 3. The summed E-state index contributed by atoms with van der Waals surface area (Å²) in [6.07, 6.45) is -2.90. The molecular formula is C10H20O4. The van der Waals surface area contributed by atoms with Crippen molar-refractivity contribution in [2.75, 3.05) is 0 Å². The lowest BCUT2D eigenvalue weighted by Gasteiger charge is -2.46. The van der Waals surface area contributed by atoms with E-state index < -0.39 is 23.9 Å². The maximum absolute atomic E-state index is 9.74. The molecule has 0 aromatic carbocycles. The molecule has 84 valence electrons. The molecule has 0 aromatic rings. The largest absolute Gasteiger partial charge is 0.390 e. The van der Waals surface area contributed by atoms with Gasteiger partial charge in [0, 0.05) is 0 Å². The summed E-state index contributed by atoms with van der Waals surface area (Å²) in [4.78, 5) is 0. The number of aliphatic hydroxyl groups is 4. The highest BCUT2D eigenvalue weighted by Gasteiger charge is 2.50. The van der Waals surface area contributed by atoms with Gasteiger partial charge in [0.25, 0.3) is 0 Å². The van der Waals surface area contributed by atoms with Crippen LogP contribution in [0, 0.1) is 11.8 Å². The second kappa shape index (κ2) is 3.77. The average molecular weight is 204 g/mol. The van der Waals surface area contributed by atoms with Crippen LogP contribution in [0.2, 0.25) is 0 Å². The van der Waals surface area contributed by atoms with Crippen molar-refractivity contribution in [2.24, 2.45) is 11.8 Å². The van der Waals surface area contributed by atoms with Gasteiger partial charge in [-0.25, -0.2) is 0 Å². The fourth-order valence-electron chi connectivity index (χ4n) is 2.08. The van der Waals surface area contributed by atoms with Gasteiger partial charge in [-0.2, -0.15) is 0 Å². The van der Waals surface area contributed by atoms with E-state index in [1.54, 1.807) is 0 Å². The summed E-state index contributed by atoms with van der Waals surface area (Å²) >= 11 is 0. The standard InChI is InChI=1S/C10H20O4/c1-5(2)6-4-7(11)10(3,14)9(13)8(6)12/h5-9,11-14H,4H2,1-3H3/t6-,7-,8+,9+,10+/m1/s1. The maximum atomic E-state index is 9.74. The van der Waals surface area contributed by atoms with Crippen LogP contribution in [-0.4, -0.2) is 44.3 Å². The third-order valence-electron chi connectivity index (χ3n) is 3.39. The van der Waals surface area contributed by atoms with Crippen molar-refractivity contribution in [2.45, 2.75) is 51.1 Å². The third kappa shape index (κ3) is 1.80. The Kier molecular flexibility index (Phi) is 3.21. The van der Waals surface area contributed by atoms with E-state index in [4.69, 9.17) is 0 Å². The van der Waals surface area contributed by atoms with Crippen LogP contribution < -0.4 is 0 Å². The minimum absolute atomic E-state index is 0.166. The molecule has 0 bridgehead atoms. The Hall–Kier alpha value is -0.160. The smallest absolute Gasteiger partial charge is 0.116 e. The molecule has 1 rings (SSSR count). The van der Waals surface area contributed by atoms with Crippen LogP contribution in [0.25, 0.3) is 0 Å². The lowest BCUT2D eigenvalue weighted by atomic mass is 9.70. The van der Waals surface area contributed by atoms with Gasteiger partial charge in [-0.3, -0.25) is 0 Å². The summed E-state index contributed by atoms with van der Waals surface area (Å²) < 4.78 is 0. The summed E-state index contributed by atoms with van der Waals surface area (Å²) in [5.74, 6) is 0.00521. The SMILES string of the molecule is CC(C)[C@H]1C[C@@H](O)[C@](C)(O)[C@@H](O)[C@H]1O. The first-order chi connectivity index (χ1) is 6.28. The Balaban J connectivity index is 2.84. The molecule has 1 aliphatic rings. The predicted molar refractivity (Wildman–Crippen MR) is 51.6 cm³/mol. The van der Waals surface area contributed by atoms with Gasteiger partial charge >= 0.3 is 0 Å². The molecule has 0 unspecified atom stereocenters. The number of hydrogen-bond donors (Lipinski definition) is 4. The van der Waals surface area contributed by atoms with Gasteiger partial charge in [0.1, 0.15) is 11.7 Å². The van der Waals surface area contributed by atoms with Gasteiger partial charge in [-0.15, -0.1) is 0 Å². The van der Waals surface area contributed by atoms with E-state index in [0.717, 1.165) is 0 Å². The zero-order chi connectivity index (χ0) is 11.1. The van der Waals surface area contributed by atoms with Crippen LogP contribution in [0.3, 0.4) is 0 Å². The summed E-state index contributed by atoms with van der Waals surface area (Å²) in [5.41, 5.74) is -1.61. The molecule has 0 heterocycles. The third-order valence-corrected chi connectivity index (χ3v) is 3.39. The van der Waals surface area contributed by atoms with E-state index in [1.807, 2.05) is 13.8 Å². The minimum atomic E-state index is -1.61. The van der Waals surface area contributed by atoms with Crippen LogP contribution in [0.15, 0.2) is 0 Å². The molecular weight excluding hydrogens is 184 g/mol. The summed E-state index contributed by atoms with van der Waals surface area (Å²) in [6.45, 7) is 5.20. The Morgan fingerprint density at radius 2 is 1.71 bits per heavy atom. The first-order valence-electron chi connectivity index (χ1n) is 5.05. The highest BCUT2D eigenvalue weighted by molar-refractivity contribution is 5.01. The van der Waals surface area contributed by atoms with Crippen molar-refractivity contribution in [3.63, 3.8) is 0 Å². The lowest BCUT2D eigenvalue weighted by Crippen LogP contribution is -2.62. The molecule has 0 aliphatic heterocycles. The minimum Gasteiger partial charge on any atom is -0.390 e. The highest BCUT2D eigenvalue weighted by atomic mass is 16.4. The normalized spacial score (nSPS) is 49.7. The molecule has 4 heteroatoms. The zero-order valence-corrected chi connectivity index (χ0v) is 8.88. The van der Waals surface area contributed by atoms with Crippen LogP contribution in [-0.2, 0) is 0 Å². The first kappa shape index (κ1) is 11.9. The number of rotatable bonds is 1. The molecule has 5 atom stereocenters.